The summed E-state index contributed by atoms with van der Waals surface area (Å²) in [5, 5.41) is 9.18. The molecule has 2 aromatic rings. The zero-order chi connectivity index (χ0) is 13.0. The van der Waals surface area contributed by atoms with Crippen molar-refractivity contribution in [1.82, 2.24) is 4.98 Å². The fraction of sp³-hybridized carbons (Fsp3) is 0.143. The van der Waals surface area contributed by atoms with Crippen LogP contribution in [-0.2, 0) is 0 Å². The summed E-state index contributed by atoms with van der Waals surface area (Å²) in [6.45, 7) is 2.41. The van der Waals surface area contributed by atoms with E-state index in [1.54, 1.807) is 6.20 Å². The first-order valence-corrected chi connectivity index (χ1v) is 5.63. The molecule has 1 aromatic heterocycles. The number of benzene rings is 1. The molecule has 0 atom stereocenters. The van der Waals surface area contributed by atoms with Gasteiger partial charge in [-0.1, -0.05) is 18.2 Å². The maximum Gasteiger partial charge on any atom is 0.336 e. The summed E-state index contributed by atoms with van der Waals surface area (Å²) in [5.41, 5.74) is 1.52. The Morgan fingerprint density at radius 1 is 1.28 bits per heavy atom. The van der Waals surface area contributed by atoms with Gasteiger partial charge in [0.25, 0.3) is 0 Å². The SMILES string of the molecule is CCOc1ccccc1-c1cnccc1C(=O)O. The van der Waals surface area contributed by atoms with E-state index in [1.807, 2.05) is 31.2 Å². The molecular formula is C14H13NO3. The predicted octanol–water partition coefficient (Wildman–Crippen LogP) is 2.85. The molecule has 1 heterocycles. The Kier molecular flexibility index (Phi) is 3.57. The van der Waals surface area contributed by atoms with Crippen LogP contribution in [0.25, 0.3) is 11.1 Å². The molecule has 0 aliphatic rings. The second kappa shape index (κ2) is 5.31. The van der Waals surface area contributed by atoms with Crippen LogP contribution in [0.15, 0.2) is 42.7 Å². The first-order valence-electron chi connectivity index (χ1n) is 5.63. The van der Waals surface area contributed by atoms with E-state index in [1.165, 1.54) is 12.3 Å². The molecule has 0 saturated carbocycles. The number of carbonyl (C=O) groups is 1. The third-order valence-electron chi connectivity index (χ3n) is 2.53. The fourth-order valence-corrected chi connectivity index (χ4v) is 1.77. The highest BCUT2D eigenvalue weighted by Crippen LogP contribution is 2.31. The second-order valence-electron chi connectivity index (χ2n) is 3.66. The number of rotatable bonds is 4. The number of pyridine rings is 1. The average molecular weight is 243 g/mol. The maximum absolute atomic E-state index is 11.2. The number of hydrogen-bond donors (Lipinski definition) is 1. The van der Waals surface area contributed by atoms with E-state index in [-0.39, 0.29) is 5.56 Å². The quantitative estimate of drug-likeness (QED) is 0.897. The molecule has 0 saturated heterocycles. The number of aromatic nitrogens is 1. The molecule has 2 rings (SSSR count). The Labute approximate surface area is 105 Å². The van der Waals surface area contributed by atoms with Gasteiger partial charge in [-0.2, -0.15) is 0 Å². The highest BCUT2D eigenvalue weighted by Gasteiger charge is 2.14. The Bertz CT molecular complexity index is 566. The van der Waals surface area contributed by atoms with Gasteiger partial charge in [0.1, 0.15) is 5.75 Å². The highest BCUT2D eigenvalue weighted by molar-refractivity contribution is 5.96. The monoisotopic (exact) mass is 243 g/mol. The minimum absolute atomic E-state index is 0.220. The van der Waals surface area contributed by atoms with E-state index >= 15 is 0 Å². The number of nitrogens with zero attached hydrogens (tertiary/aromatic N) is 1. The molecule has 0 aliphatic carbocycles. The van der Waals surface area contributed by atoms with Crippen molar-refractivity contribution >= 4 is 5.97 Å². The number of ether oxygens (including phenoxy) is 1. The van der Waals surface area contributed by atoms with E-state index in [0.29, 0.717) is 17.9 Å². The van der Waals surface area contributed by atoms with Crippen LogP contribution in [-0.4, -0.2) is 22.7 Å². The molecule has 0 radical (unpaired) electrons. The molecule has 0 aliphatic heterocycles. The molecule has 4 nitrogen and oxygen atoms in total. The van der Waals surface area contributed by atoms with Gasteiger partial charge in [0.2, 0.25) is 0 Å². The number of carboxylic acid groups (broad SMARTS) is 1. The van der Waals surface area contributed by atoms with Crippen molar-refractivity contribution in [2.24, 2.45) is 0 Å². The van der Waals surface area contributed by atoms with Gasteiger partial charge in [0.05, 0.1) is 12.2 Å². The van der Waals surface area contributed by atoms with Gasteiger partial charge < -0.3 is 9.84 Å². The molecule has 0 amide bonds. The van der Waals surface area contributed by atoms with Gasteiger partial charge >= 0.3 is 5.97 Å². The Hall–Kier alpha value is -2.36. The van der Waals surface area contributed by atoms with Crippen LogP contribution in [0.5, 0.6) is 5.75 Å². The number of carboxylic acids is 1. The topological polar surface area (TPSA) is 59.4 Å². The lowest BCUT2D eigenvalue weighted by molar-refractivity contribution is 0.0697. The summed E-state index contributed by atoms with van der Waals surface area (Å²) in [6.07, 6.45) is 3.01. The van der Waals surface area contributed by atoms with Crippen molar-refractivity contribution in [1.29, 1.82) is 0 Å². The summed E-state index contributed by atoms with van der Waals surface area (Å²) in [7, 11) is 0. The van der Waals surface area contributed by atoms with Crippen LogP contribution in [0.1, 0.15) is 17.3 Å². The molecule has 0 fully saturated rings. The van der Waals surface area contributed by atoms with Gasteiger partial charge in [-0.15, -0.1) is 0 Å². The molecule has 0 spiro atoms. The smallest absolute Gasteiger partial charge is 0.336 e. The molecule has 4 heteroatoms. The van der Waals surface area contributed by atoms with Gasteiger partial charge in [-0.05, 0) is 19.1 Å². The summed E-state index contributed by atoms with van der Waals surface area (Å²) >= 11 is 0. The fourth-order valence-electron chi connectivity index (χ4n) is 1.77. The molecule has 0 unspecified atom stereocenters. The Balaban J connectivity index is 2.58. The first kappa shape index (κ1) is 12.1. The van der Waals surface area contributed by atoms with Crippen LogP contribution in [0.3, 0.4) is 0 Å². The lowest BCUT2D eigenvalue weighted by Crippen LogP contribution is -2.01. The third-order valence-corrected chi connectivity index (χ3v) is 2.53. The number of aromatic carboxylic acids is 1. The molecule has 18 heavy (non-hydrogen) atoms. The summed E-state index contributed by atoms with van der Waals surface area (Å²) in [4.78, 5) is 15.2. The van der Waals surface area contributed by atoms with Crippen molar-refractivity contribution in [2.75, 3.05) is 6.61 Å². The lowest BCUT2D eigenvalue weighted by atomic mass is 10.0. The van der Waals surface area contributed by atoms with E-state index in [2.05, 4.69) is 4.98 Å². The molecule has 92 valence electrons. The average Bonchev–Trinajstić information content (AvgIpc) is 2.40. The van der Waals surface area contributed by atoms with Crippen LogP contribution < -0.4 is 4.74 Å². The summed E-state index contributed by atoms with van der Waals surface area (Å²) < 4.78 is 5.51. The van der Waals surface area contributed by atoms with Crippen molar-refractivity contribution in [3.63, 3.8) is 0 Å². The zero-order valence-electron chi connectivity index (χ0n) is 9.96. The van der Waals surface area contributed by atoms with Crippen LogP contribution in [0, 0.1) is 0 Å². The van der Waals surface area contributed by atoms with Gasteiger partial charge in [0, 0.05) is 23.5 Å². The minimum atomic E-state index is -0.973. The molecular weight excluding hydrogens is 230 g/mol. The number of para-hydroxylation sites is 1. The summed E-state index contributed by atoms with van der Waals surface area (Å²) in [6, 6.07) is 8.83. The Morgan fingerprint density at radius 2 is 2.06 bits per heavy atom. The normalized spacial score (nSPS) is 10.1. The van der Waals surface area contributed by atoms with Crippen molar-refractivity contribution in [3.05, 3.63) is 48.3 Å². The van der Waals surface area contributed by atoms with Gasteiger partial charge in [-0.25, -0.2) is 4.79 Å². The van der Waals surface area contributed by atoms with Gasteiger partial charge in [0.15, 0.2) is 0 Å². The largest absolute Gasteiger partial charge is 0.493 e. The molecule has 0 bridgehead atoms. The lowest BCUT2D eigenvalue weighted by Gasteiger charge is -2.11. The second-order valence-corrected chi connectivity index (χ2v) is 3.66. The van der Waals surface area contributed by atoms with Crippen molar-refractivity contribution in [3.8, 4) is 16.9 Å². The van der Waals surface area contributed by atoms with E-state index < -0.39 is 5.97 Å². The first-order chi connectivity index (χ1) is 8.74. The van der Waals surface area contributed by atoms with E-state index in [4.69, 9.17) is 4.74 Å². The van der Waals surface area contributed by atoms with E-state index in [9.17, 15) is 9.90 Å². The molecule has 1 N–H and O–H groups in total. The van der Waals surface area contributed by atoms with E-state index in [0.717, 1.165) is 5.56 Å². The highest BCUT2D eigenvalue weighted by atomic mass is 16.5. The zero-order valence-corrected chi connectivity index (χ0v) is 9.96. The van der Waals surface area contributed by atoms with Crippen molar-refractivity contribution in [2.45, 2.75) is 6.92 Å². The van der Waals surface area contributed by atoms with Crippen LogP contribution in [0.4, 0.5) is 0 Å². The van der Waals surface area contributed by atoms with Crippen LogP contribution in [0.2, 0.25) is 0 Å². The third kappa shape index (κ3) is 2.32. The van der Waals surface area contributed by atoms with Crippen LogP contribution >= 0.6 is 0 Å². The Morgan fingerprint density at radius 3 is 2.78 bits per heavy atom. The van der Waals surface area contributed by atoms with Crippen molar-refractivity contribution < 1.29 is 14.6 Å². The minimum Gasteiger partial charge on any atom is -0.493 e. The number of hydrogen-bond acceptors (Lipinski definition) is 3. The predicted molar refractivity (Wildman–Crippen MR) is 67.8 cm³/mol. The maximum atomic E-state index is 11.2. The van der Waals surface area contributed by atoms with Gasteiger partial charge in [-0.3, -0.25) is 4.98 Å². The standard InChI is InChI=1S/C14H13NO3/c1-2-18-13-6-4-3-5-10(13)12-9-15-8-7-11(12)14(16)17/h3-9H,2H2,1H3,(H,16,17). The molecule has 1 aromatic carbocycles. The summed E-state index contributed by atoms with van der Waals surface area (Å²) in [5.74, 6) is -0.311.